The number of benzene rings is 2. The van der Waals surface area contributed by atoms with E-state index in [4.69, 9.17) is 5.73 Å². The van der Waals surface area contributed by atoms with E-state index < -0.39 is 6.10 Å². The zero-order valence-electron chi connectivity index (χ0n) is 9.78. The number of anilines is 1. The fourth-order valence-electron chi connectivity index (χ4n) is 1.74. The lowest BCUT2D eigenvalue weighted by Gasteiger charge is -2.11. The molecule has 96 valence electrons. The predicted octanol–water partition coefficient (Wildman–Crippen LogP) is 2.83. The van der Waals surface area contributed by atoms with E-state index in [1.807, 2.05) is 18.2 Å². The Balaban J connectivity index is 0.00000162. The first-order valence-electron chi connectivity index (χ1n) is 5.46. The summed E-state index contributed by atoms with van der Waals surface area (Å²) in [6.07, 6.45) is -0.115. The molecule has 2 aromatic carbocycles. The molecule has 0 fully saturated rings. The van der Waals surface area contributed by atoms with Crippen LogP contribution in [0.1, 0.15) is 17.2 Å². The van der Waals surface area contributed by atoms with Gasteiger partial charge in [-0.15, -0.1) is 17.0 Å². The van der Waals surface area contributed by atoms with Gasteiger partial charge >= 0.3 is 0 Å². The number of aliphatic hydroxyl groups excluding tert-OH is 1. The minimum atomic E-state index is -0.586. The van der Waals surface area contributed by atoms with Gasteiger partial charge in [-0.2, -0.15) is 0 Å². The lowest BCUT2D eigenvalue weighted by Crippen LogP contribution is -2.01. The Morgan fingerprint density at radius 2 is 1.72 bits per heavy atom. The van der Waals surface area contributed by atoms with Crippen molar-refractivity contribution < 1.29 is 10.2 Å². The normalized spacial score (nSPS) is 11.6. The van der Waals surface area contributed by atoms with E-state index in [0.717, 1.165) is 11.1 Å². The molecule has 0 aromatic heterocycles. The van der Waals surface area contributed by atoms with E-state index in [1.165, 1.54) is 0 Å². The Hall–Kier alpha value is -1.52. The molecule has 4 N–H and O–H groups in total. The van der Waals surface area contributed by atoms with E-state index >= 15 is 0 Å². The zero-order valence-corrected chi connectivity index (χ0v) is 11.5. The second kappa shape index (κ2) is 6.42. The monoisotopic (exact) mass is 309 g/mol. The molecular formula is C14H16BrNO2. The Kier molecular flexibility index (Phi) is 5.19. The molecule has 0 aliphatic carbocycles. The first kappa shape index (κ1) is 14.5. The van der Waals surface area contributed by atoms with E-state index in [1.54, 1.807) is 30.3 Å². The van der Waals surface area contributed by atoms with Crippen molar-refractivity contribution in [3.8, 4) is 5.75 Å². The molecule has 0 saturated heterocycles. The minimum Gasteiger partial charge on any atom is -0.508 e. The van der Waals surface area contributed by atoms with Gasteiger partial charge in [-0.05, 0) is 35.4 Å². The van der Waals surface area contributed by atoms with Crippen LogP contribution in [0.4, 0.5) is 5.69 Å². The largest absolute Gasteiger partial charge is 0.508 e. The highest BCUT2D eigenvalue weighted by Crippen LogP contribution is 2.21. The van der Waals surface area contributed by atoms with E-state index in [9.17, 15) is 10.2 Å². The number of phenolic OH excluding ortho intramolecular Hbond substituents is 1. The summed E-state index contributed by atoms with van der Waals surface area (Å²) in [6.45, 7) is 0. The molecule has 18 heavy (non-hydrogen) atoms. The van der Waals surface area contributed by atoms with Gasteiger partial charge in [0.05, 0.1) is 6.10 Å². The van der Waals surface area contributed by atoms with Gasteiger partial charge in [0, 0.05) is 12.1 Å². The molecule has 3 nitrogen and oxygen atoms in total. The number of hydrogen-bond donors (Lipinski definition) is 3. The van der Waals surface area contributed by atoms with Gasteiger partial charge < -0.3 is 15.9 Å². The molecule has 0 saturated carbocycles. The fraction of sp³-hybridized carbons (Fsp3) is 0.143. The van der Waals surface area contributed by atoms with Crippen LogP contribution < -0.4 is 5.73 Å². The number of rotatable bonds is 3. The van der Waals surface area contributed by atoms with Crippen molar-refractivity contribution in [1.82, 2.24) is 0 Å². The number of hydrogen-bond acceptors (Lipinski definition) is 3. The average molecular weight is 310 g/mol. The molecule has 0 spiro atoms. The molecular weight excluding hydrogens is 294 g/mol. The van der Waals surface area contributed by atoms with Crippen LogP contribution in [0.25, 0.3) is 0 Å². The molecule has 0 radical (unpaired) electrons. The quantitative estimate of drug-likeness (QED) is 0.764. The molecule has 0 amide bonds. The maximum Gasteiger partial charge on any atom is 0.115 e. The van der Waals surface area contributed by atoms with Crippen molar-refractivity contribution in [3.05, 3.63) is 59.7 Å². The molecule has 4 heteroatoms. The lowest BCUT2D eigenvalue weighted by molar-refractivity contribution is 0.178. The third-order valence-corrected chi connectivity index (χ3v) is 2.66. The smallest absolute Gasteiger partial charge is 0.115 e. The Labute approximate surface area is 117 Å². The van der Waals surface area contributed by atoms with E-state index in [0.29, 0.717) is 12.1 Å². The van der Waals surface area contributed by atoms with Gasteiger partial charge in [0.25, 0.3) is 0 Å². The Morgan fingerprint density at radius 3 is 2.33 bits per heavy atom. The maximum absolute atomic E-state index is 10.0. The van der Waals surface area contributed by atoms with E-state index in [2.05, 4.69) is 0 Å². The third kappa shape index (κ3) is 3.75. The van der Waals surface area contributed by atoms with Gasteiger partial charge in [0.1, 0.15) is 5.75 Å². The number of nitrogen functional groups attached to an aromatic ring is 1. The number of aromatic hydroxyl groups is 1. The van der Waals surface area contributed by atoms with Crippen molar-refractivity contribution in [2.75, 3.05) is 5.73 Å². The molecule has 2 aromatic rings. The van der Waals surface area contributed by atoms with Gasteiger partial charge in [-0.25, -0.2) is 0 Å². The summed E-state index contributed by atoms with van der Waals surface area (Å²) >= 11 is 0. The van der Waals surface area contributed by atoms with Crippen LogP contribution in [0.15, 0.2) is 48.5 Å². The van der Waals surface area contributed by atoms with Crippen LogP contribution in [0.5, 0.6) is 5.75 Å². The predicted molar refractivity (Wildman–Crippen MR) is 77.9 cm³/mol. The highest BCUT2D eigenvalue weighted by molar-refractivity contribution is 8.93. The zero-order chi connectivity index (χ0) is 12.3. The summed E-state index contributed by atoms with van der Waals surface area (Å²) in [5, 5.41) is 19.4. The topological polar surface area (TPSA) is 66.5 Å². The molecule has 0 aliphatic rings. The highest BCUT2D eigenvalue weighted by Gasteiger charge is 2.08. The number of aliphatic hydroxyl groups is 1. The second-order valence-electron chi connectivity index (χ2n) is 4.06. The summed E-state index contributed by atoms with van der Waals surface area (Å²) in [6, 6.07) is 14.0. The maximum atomic E-state index is 10.0. The van der Waals surface area contributed by atoms with Crippen LogP contribution in [0.3, 0.4) is 0 Å². The Morgan fingerprint density at radius 1 is 1.06 bits per heavy atom. The van der Waals surface area contributed by atoms with Gasteiger partial charge in [-0.1, -0.05) is 24.3 Å². The van der Waals surface area contributed by atoms with Gasteiger partial charge in [0.15, 0.2) is 0 Å². The molecule has 0 heterocycles. The van der Waals surface area contributed by atoms with Gasteiger partial charge in [-0.3, -0.25) is 0 Å². The molecule has 2 rings (SSSR count). The number of phenols is 1. The van der Waals surface area contributed by atoms with Crippen molar-refractivity contribution >= 4 is 22.7 Å². The first-order chi connectivity index (χ1) is 8.15. The van der Waals surface area contributed by atoms with Crippen molar-refractivity contribution in [3.63, 3.8) is 0 Å². The second-order valence-corrected chi connectivity index (χ2v) is 4.06. The van der Waals surface area contributed by atoms with Crippen molar-refractivity contribution in [2.45, 2.75) is 12.5 Å². The molecule has 0 bridgehead atoms. The minimum absolute atomic E-state index is 0. The number of halogens is 1. The van der Waals surface area contributed by atoms with Crippen LogP contribution in [-0.2, 0) is 6.42 Å². The number of nitrogens with two attached hydrogens (primary N) is 1. The van der Waals surface area contributed by atoms with Crippen LogP contribution >= 0.6 is 17.0 Å². The van der Waals surface area contributed by atoms with Crippen molar-refractivity contribution in [1.29, 1.82) is 0 Å². The summed E-state index contributed by atoms with van der Waals surface area (Å²) < 4.78 is 0. The van der Waals surface area contributed by atoms with Crippen LogP contribution in [0, 0.1) is 0 Å². The summed E-state index contributed by atoms with van der Waals surface area (Å²) in [5.41, 5.74) is 7.98. The van der Waals surface area contributed by atoms with Crippen LogP contribution in [0.2, 0.25) is 0 Å². The summed E-state index contributed by atoms with van der Waals surface area (Å²) in [7, 11) is 0. The molecule has 0 aliphatic heterocycles. The van der Waals surface area contributed by atoms with Crippen molar-refractivity contribution in [2.24, 2.45) is 0 Å². The van der Waals surface area contributed by atoms with Gasteiger partial charge in [0.2, 0.25) is 0 Å². The summed E-state index contributed by atoms with van der Waals surface area (Å²) in [4.78, 5) is 0. The van der Waals surface area contributed by atoms with Crippen LogP contribution in [-0.4, -0.2) is 10.2 Å². The average Bonchev–Trinajstić information content (AvgIpc) is 2.29. The highest BCUT2D eigenvalue weighted by atomic mass is 79.9. The standard InChI is InChI=1S/C14H15NO2.BrH/c15-12-6-4-11(5-7-12)14(17)9-10-2-1-3-13(16)8-10;/h1-8,14,16-17H,9,15H2;1H. The molecule has 1 atom stereocenters. The molecule has 1 unspecified atom stereocenters. The SMILES string of the molecule is Br.Nc1ccc(C(O)Cc2cccc(O)c2)cc1. The summed E-state index contributed by atoms with van der Waals surface area (Å²) in [5.74, 6) is 0.215. The Bertz CT molecular complexity index is 499. The first-order valence-corrected chi connectivity index (χ1v) is 5.46. The van der Waals surface area contributed by atoms with E-state index in [-0.39, 0.29) is 22.7 Å². The lowest BCUT2D eigenvalue weighted by atomic mass is 10.0. The third-order valence-electron chi connectivity index (χ3n) is 2.66. The fourth-order valence-corrected chi connectivity index (χ4v) is 1.74.